The van der Waals surface area contributed by atoms with Gasteiger partial charge in [0, 0.05) is 13.3 Å². The van der Waals surface area contributed by atoms with Crippen molar-refractivity contribution in [3.05, 3.63) is 48.3 Å². The van der Waals surface area contributed by atoms with Crippen LogP contribution in [0.3, 0.4) is 0 Å². The van der Waals surface area contributed by atoms with Crippen molar-refractivity contribution in [1.82, 2.24) is 4.98 Å². The van der Waals surface area contributed by atoms with Gasteiger partial charge in [-0.2, -0.15) is 0 Å². The molecule has 4 heteroatoms. The molecule has 0 aliphatic rings. The van der Waals surface area contributed by atoms with E-state index in [1.165, 1.54) is 0 Å². The number of benzene rings is 1. The summed E-state index contributed by atoms with van der Waals surface area (Å²) in [4.78, 5) is 4.06. The Kier molecular flexibility index (Phi) is 4.89. The van der Waals surface area contributed by atoms with Crippen LogP contribution in [-0.4, -0.2) is 30.4 Å². The number of rotatable bonds is 6. The second-order valence-corrected chi connectivity index (χ2v) is 4.06. The summed E-state index contributed by atoms with van der Waals surface area (Å²) in [5, 5.41) is 9.08. The molecular weight excluding hydrogens is 242 g/mol. The molecule has 0 aliphatic heterocycles. The summed E-state index contributed by atoms with van der Waals surface area (Å²) in [6, 6.07) is 11.6. The van der Waals surface area contributed by atoms with Crippen molar-refractivity contribution in [3.8, 4) is 16.9 Å². The number of aromatic nitrogens is 1. The highest BCUT2D eigenvalue weighted by molar-refractivity contribution is 5.64. The summed E-state index contributed by atoms with van der Waals surface area (Å²) in [6.45, 7) is 1.07. The molecule has 0 aliphatic carbocycles. The van der Waals surface area contributed by atoms with Crippen molar-refractivity contribution >= 4 is 0 Å². The minimum absolute atomic E-state index is 0.0496. The van der Waals surface area contributed by atoms with E-state index in [9.17, 15) is 0 Å². The smallest absolute Gasteiger partial charge is 0.119 e. The fourth-order valence-corrected chi connectivity index (χ4v) is 1.73. The minimum Gasteiger partial charge on any atom is -0.491 e. The zero-order chi connectivity index (χ0) is 13.5. The Bertz CT molecular complexity index is 511. The van der Waals surface area contributed by atoms with E-state index in [4.69, 9.17) is 14.6 Å². The van der Waals surface area contributed by atoms with E-state index in [0.29, 0.717) is 18.9 Å². The topological polar surface area (TPSA) is 51.6 Å². The van der Waals surface area contributed by atoms with Gasteiger partial charge in [-0.25, -0.2) is 0 Å². The van der Waals surface area contributed by atoms with Crippen molar-refractivity contribution in [2.24, 2.45) is 0 Å². The number of hydrogen-bond acceptors (Lipinski definition) is 4. The molecule has 0 saturated heterocycles. The molecule has 1 aromatic heterocycles. The lowest BCUT2D eigenvalue weighted by atomic mass is 10.1. The minimum atomic E-state index is -0.0496. The first kappa shape index (κ1) is 13.5. The first-order chi connectivity index (χ1) is 9.33. The maximum atomic E-state index is 9.08. The number of hydrogen-bond donors (Lipinski definition) is 1. The third kappa shape index (κ3) is 3.77. The van der Waals surface area contributed by atoms with Crippen LogP contribution >= 0.6 is 0 Å². The van der Waals surface area contributed by atoms with E-state index in [1.807, 2.05) is 36.4 Å². The van der Waals surface area contributed by atoms with Gasteiger partial charge in [-0.3, -0.25) is 4.98 Å². The summed E-state index contributed by atoms with van der Waals surface area (Å²) >= 11 is 0. The van der Waals surface area contributed by atoms with Gasteiger partial charge >= 0.3 is 0 Å². The molecule has 1 N–H and O–H groups in total. The van der Waals surface area contributed by atoms with Crippen molar-refractivity contribution < 1.29 is 14.6 Å². The van der Waals surface area contributed by atoms with Gasteiger partial charge in [0.25, 0.3) is 0 Å². The van der Waals surface area contributed by atoms with Crippen LogP contribution in [0.4, 0.5) is 0 Å². The number of aliphatic hydroxyl groups is 1. The average molecular weight is 259 g/mol. The molecule has 0 bridgehead atoms. The zero-order valence-electron chi connectivity index (χ0n) is 10.9. The molecule has 0 fully saturated rings. The highest BCUT2D eigenvalue weighted by Gasteiger charge is 2.01. The largest absolute Gasteiger partial charge is 0.491 e. The SMILES string of the molecule is COCCOc1ccc(-c2ccnc(CO)c2)cc1. The number of nitrogens with zero attached hydrogens (tertiary/aromatic N) is 1. The fraction of sp³-hybridized carbons (Fsp3) is 0.267. The van der Waals surface area contributed by atoms with Gasteiger partial charge in [-0.05, 0) is 35.4 Å². The molecule has 0 unspecified atom stereocenters. The van der Waals surface area contributed by atoms with Crippen molar-refractivity contribution in [2.75, 3.05) is 20.3 Å². The maximum absolute atomic E-state index is 9.08. The van der Waals surface area contributed by atoms with E-state index >= 15 is 0 Å². The lowest BCUT2D eigenvalue weighted by Crippen LogP contribution is -2.03. The van der Waals surface area contributed by atoms with Gasteiger partial charge in [0.05, 0.1) is 18.9 Å². The Labute approximate surface area is 112 Å². The third-order valence-corrected chi connectivity index (χ3v) is 2.72. The van der Waals surface area contributed by atoms with Crippen LogP contribution in [0.15, 0.2) is 42.6 Å². The average Bonchev–Trinajstić information content (AvgIpc) is 2.48. The highest BCUT2D eigenvalue weighted by Crippen LogP contribution is 2.22. The van der Waals surface area contributed by atoms with Crippen molar-refractivity contribution in [3.63, 3.8) is 0 Å². The summed E-state index contributed by atoms with van der Waals surface area (Å²) in [5.41, 5.74) is 2.76. The van der Waals surface area contributed by atoms with Gasteiger partial charge in [0.15, 0.2) is 0 Å². The number of ether oxygens (including phenoxy) is 2. The highest BCUT2D eigenvalue weighted by atomic mass is 16.5. The molecule has 2 rings (SSSR count). The first-order valence-corrected chi connectivity index (χ1v) is 6.11. The van der Waals surface area contributed by atoms with Crippen LogP contribution in [0.5, 0.6) is 5.75 Å². The maximum Gasteiger partial charge on any atom is 0.119 e. The Morgan fingerprint density at radius 3 is 2.53 bits per heavy atom. The second kappa shape index (κ2) is 6.87. The Morgan fingerprint density at radius 1 is 1.05 bits per heavy atom. The van der Waals surface area contributed by atoms with Crippen LogP contribution in [0, 0.1) is 0 Å². The van der Waals surface area contributed by atoms with E-state index in [0.717, 1.165) is 16.9 Å². The molecule has 0 spiro atoms. The van der Waals surface area contributed by atoms with E-state index in [1.54, 1.807) is 13.3 Å². The van der Waals surface area contributed by atoms with Crippen LogP contribution in [0.2, 0.25) is 0 Å². The number of aliphatic hydroxyl groups excluding tert-OH is 1. The second-order valence-electron chi connectivity index (χ2n) is 4.06. The van der Waals surface area contributed by atoms with Crippen LogP contribution in [0.25, 0.3) is 11.1 Å². The van der Waals surface area contributed by atoms with Gasteiger partial charge < -0.3 is 14.6 Å². The summed E-state index contributed by atoms with van der Waals surface area (Å²) < 4.78 is 10.4. The molecule has 1 heterocycles. The van der Waals surface area contributed by atoms with Crippen molar-refractivity contribution in [2.45, 2.75) is 6.61 Å². The molecule has 0 atom stereocenters. The lowest BCUT2D eigenvalue weighted by molar-refractivity contribution is 0.146. The first-order valence-electron chi connectivity index (χ1n) is 6.11. The molecule has 0 amide bonds. The third-order valence-electron chi connectivity index (χ3n) is 2.72. The zero-order valence-corrected chi connectivity index (χ0v) is 10.9. The predicted octanol–water partition coefficient (Wildman–Crippen LogP) is 2.27. The summed E-state index contributed by atoms with van der Waals surface area (Å²) in [7, 11) is 1.65. The van der Waals surface area contributed by atoms with Crippen LogP contribution < -0.4 is 4.74 Å². The van der Waals surface area contributed by atoms with Gasteiger partial charge in [-0.1, -0.05) is 12.1 Å². The Balaban J connectivity index is 2.08. The molecule has 1 aromatic carbocycles. The van der Waals surface area contributed by atoms with Crippen molar-refractivity contribution in [1.29, 1.82) is 0 Å². The lowest BCUT2D eigenvalue weighted by Gasteiger charge is -2.07. The fourth-order valence-electron chi connectivity index (χ4n) is 1.73. The number of pyridine rings is 1. The molecule has 100 valence electrons. The summed E-state index contributed by atoms with van der Waals surface area (Å²) in [5.74, 6) is 0.817. The normalized spacial score (nSPS) is 10.4. The standard InChI is InChI=1S/C15H17NO3/c1-18-8-9-19-15-4-2-12(3-5-15)13-6-7-16-14(10-13)11-17/h2-7,10,17H,8-9,11H2,1H3. The van der Waals surface area contributed by atoms with E-state index in [2.05, 4.69) is 4.98 Å². The van der Waals surface area contributed by atoms with E-state index in [-0.39, 0.29) is 6.61 Å². The quantitative estimate of drug-likeness (QED) is 0.808. The monoisotopic (exact) mass is 259 g/mol. The number of methoxy groups -OCH3 is 1. The predicted molar refractivity (Wildman–Crippen MR) is 73.0 cm³/mol. The van der Waals surface area contributed by atoms with Crippen LogP contribution in [-0.2, 0) is 11.3 Å². The van der Waals surface area contributed by atoms with Gasteiger partial charge in [0.1, 0.15) is 12.4 Å². The summed E-state index contributed by atoms with van der Waals surface area (Å²) in [6.07, 6.45) is 1.70. The molecule has 4 nitrogen and oxygen atoms in total. The Hall–Kier alpha value is -1.91. The molecule has 19 heavy (non-hydrogen) atoms. The van der Waals surface area contributed by atoms with Gasteiger partial charge in [0.2, 0.25) is 0 Å². The van der Waals surface area contributed by atoms with Crippen LogP contribution in [0.1, 0.15) is 5.69 Å². The van der Waals surface area contributed by atoms with E-state index < -0.39 is 0 Å². The molecule has 0 radical (unpaired) electrons. The molecular formula is C15H17NO3. The van der Waals surface area contributed by atoms with Gasteiger partial charge in [-0.15, -0.1) is 0 Å². The molecule has 0 saturated carbocycles. The molecule has 2 aromatic rings. The Morgan fingerprint density at radius 2 is 1.84 bits per heavy atom.